The Labute approximate surface area is 177 Å². The van der Waals surface area contributed by atoms with E-state index in [0.29, 0.717) is 19.0 Å². The molecule has 0 atom stereocenters. The van der Waals surface area contributed by atoms with Crippen molar-refractivity contribution in [2.45, 2.75) is 24.8 Å². The summed E-state index contributed by atoms with van der Waals surface area (Å²) in [6.45, 7) is 4.96. The normalized spacial score (nSPS) is 12.2. The van der Waals surface area contributed by atoms with Crippen molar-refractivity contribution in [1.29, 1.82) is 0 Å². The van der Waals surface area contributed by atoms with Crippen molar-refractivity contribution < 1.29 is 8.42 Å². The average Bonchev–Trinajstić information content (AvgIpc) is 3.18. The van der Waals surface area contributed by atoms with Gasteiger partial charge in [-0.25, -0.2) is 13.1 Å². The third kappa shape index (κ3) is 6.04. The standard InChI is InChI=1S/C21H28N6O2S/c1-2-23-21(25-13-14-26-30(28,29)19-8-5-11-22-17-19)24-12-6-15-27-16-10-18-7-3-4-9-20(18)27/h3-5,7-11,16-17,26H,2,6,12-15H2,1H3,(H2,23,24,25). The SMILES string of the molecule is CCNC(=NCCCn1ccc2ccccc21)NCCNS(=O)(=O)c1cccnc1. The molecule has 1 aromatic carbocycles. The van der Waals surface area contributed by atoms with Crippen molar-refractivity contribution in [3.8, 4) is 0 Å². The van der Waals surface area contributed by atoms with Gasteiger partial charge in [0.05, 0.1) is 0 Å². The fraction of sp³-hybridized carbons (Fsp3) is 0.333. The van der Waals surface area contributed by atoms with E-state index in [9.17, 15) is 8.42 Å². The number of nitrogens with zero attached hydrogens (tertiary/aromatic N) is 3. The van der Waals surface area contributed by atoms with Gasteiger partial charge < -0.3 is 15.2 Å². The largest absolute Gasteiger partial charge is 0.357 e. The zero-order valence-electron chi connectivity index (χ0n) is 17.1. The molecular formula is C21H28N6O2S. The van der Waals surface area contributed by atoms with E-state index in [1.165, 1.54) is 23.2 Å². The molecule has 0 aliphatic heterocycles. The number of aromatic nitrogens is 2. The first-order chi connectivity index (χ1) is 14.6. The summed E-state index contributed by atoms with van der Waals surface area (Å²) in [7, 11) is -3.55. The third-order valence-corrected chi connectivity index (χ3v) is 5.95. The highest BCUT2D eigenvalue weighted by Gasteiger charge is 2.12. The number of fused-ring (bicyclic) bond motifs is 1. The van der Waals surface area contributed by atoms with E-state index in [1.54, 1.807) is 12.3 Å². The minimum Gasteiger partial charge on any atom is -0.357 e. The molecule has 0 fully saturated rings. The van der Waals surface area contributed by atoms with Gasteiger partial charge in [-0.2, -0.15) is 0 Å². The molecular weight excluding hydrogens is 400 g/mol. The Hall–Kier alpha value is -2.91. The molecule has 0 saturated carbocycles. The Kier molecular flexibility index (Phi) is 7.81. The summed E-state index contributed by atoms with van der Waals surface area (Å²) in [5.41, 5.74) is 1.23. The molecule has 30 heavy (non-hydrogen) atoms. The van der Waals surface area contributed by atoms with Crippen molar-refractivity contribution in [2.75, 3.05) is 26.2 Å². The lowest BCUT2D eigenvalue weighted by Gasteiger charge is -2.12. The zero-order valence-corrected chi connectivity index (χ0v) is 17.9. The lowest BCUT2D eigenvalue weighted by Crippen LogP contribution is -2.41. The second kappa shape index (κ2) is 10.7. The average molecular weight is 429 g/mol. The van der Waals surface area contributed by atoms with Crippen LogP contribution >= 0.6 is 0 Å². The highest BCUT2D eigenvalue weighted by molar-refractivity contribution is 7.89. The van der Waals surface area contributed by atoms with Crippen LogP contribution in [0.1, 0.15) is 13.3 Å². The Morgan fingerprint density at radius 1 is 1.10 bits per heavy atom. The maximum Gasteiger partial charge on any atom is 0.242 e. The molecule has 0 spiro atoms. The molecule has 0 bridgehead atoms. The fourth-order valence-corrected chi connectivity index (χ4v) is 4.06. The van der Waals surface area contributed by atoms with Gasteiger partial charge >= 0.3 is 0 Å². The van der Waals surface area contributed by atoms with Crippen LogP contribution in [0, 0.1) is 0 Å². The van der Waals surface area contributed by atoms with Crippen molar-refractivity contribution in [1.82, 2.24) is 24.9 Å². The smallest absolute Gasteiger partial charge is 0.242 e. The Morgan fingerprint density at radius 3 is 2.77 bits per heavy atom. The molecule has 9 heteroatoms. The Morgan fingerprint density at radius 2 is 1.97 bits per heavy atom. The summed E-state index contributed by atoms with van der Waals surface area (Å²) < 4.78 is 29.2. The quantitative estimate of drug-likeness (QED) is 0.260. The topological polar surface area (TPSA) is 100 Å². The van der Waals surface area contributed by atoms with Crippen LogP contribution in [-0.4, -0.2) is 50.1 Å². The van der Waals surface area contributed by atoms with Crippen molar-refractivity contribution in [3.05, 3.63) is 61.1 Å². The van der Waals surface area contributed by atoms with Gasteiger partial charge in [0.25, 0.3) is 0 Å². The highest BCUT2D eigenvalue weighted by atomic mass is 32.2. The third-order valence-electron chi connectivity index (χ3n) is 4.51. The zero-order chi connectivity index (χ0) is 21.2. The van der Waals surface area contributed by atoms with E-state index in [2.05, 4.69) is 54.3 Å². The van der Waals surface area contributed by atoms with Gasteiger partial charge in [0.1, 0.15) is 4.90 Å². The lowest BCUT2D eigenvalue weighted by atomic mass is 10.2. The highest BCUT2D eigenvalue weighted by Crippen LogP contribution is 2.15. The number of pyridine rings is 1. The molecule has 0 amide bonds. The first-order valence-electron chi connectivity index (χ1n) is 10.1. The summed E-state index contributed by atoms with van der Waals surface area (Å²) in [4.78, 5) is 8.58. The van der Waals surface area contributed by atoms with Gasteiger partial charge in [-0.15, -0.1) is 0 Å². The van der Waals surface area contributed by atoms with Crippen LogP contribution < -0.4 is 15.4 Å². The first-order valence-corrected chi connectivity index (χ1v) is 11.5. The Bertz CT molecular complexity index is 1060. The summed E-state index contributed by atoms with van der Waals surface area (Å²) in [5.74, 6) is 0.676. The molecule has 2 heterocycles. The summed E-state index contributed by atoms with van der Waals surface area (Å²) in [5, 5.41) is 7.58. The minimum atomic E-state index is -3.55. The van der Waals surface area contributed by atoms with E-state index in [0.717, 1.165) is 19.5 Å². The van der Waals surface area contributed by atoms with Gasteiger partial charge in [-0.05, 0) is 43.0 Å². The van der Waals surface area contributed by atoms with E-state index in [-0.39, 0.29) is 11.4 Å². The van der Waals surface area contributed by atoms with Crippen LogP contribution in [0.3, 0.4) is 0 Å². The number of sulfonamides is 1. The number of guanidine groups is 1. The van der Waals surface area contributed by atoms with Gasteiger partial charge in [0, 0.05) is 56.8 Å². The molecule has 0 aliphatic carbocycles. The number of hydrogen-bond acceptors (Lipinski definition) is 4. The maximum atomic E-state index is 12.2. The monoisotopic (exact) mass is 428 g/mol. The number of benzene rings is 1. The van der Waals surface area contributed by atoms with Crippen LogP contribution in [0.2, 0.25) is 0 Å². The number of aryl methyl sites for hydroxylation is 1. The van der Waals surface area contributed by atoms with Gasteiger partial charge in [-0.3, -0.25) is 9.98 Å². The lowest BCUT2D eigenvalue weighted by molar-refractivity contribution is 0.580. The van der Waals surface area contributed by atoms with Crippen molar-refractivity contribution in [3.63, 3.8) is 0 Å². The van der Waals surface area contributed by atoms with Gasteiger partial charge in [-0.1, -0.05) is 18.2 Å². The van der Waals surface area contributed by atoms with Crippen molar-refractivity contribution in [2.24, 2.45) is 4.99 Å². The van der Waals surface area contributed by atoms with Crippen LogP contribution in [0.15, 0.2) is 70.9 Å². The molecule has 2 aromatic heterocycles. The molecule has 3 N–H and O–H groups in total. The van der Waals surface area contributed by atoms with Gasteiger partial charge in [0.2, 0.25) is 10.0 Å². The molecule has 3 rings (SSSR count). The maximum absolute atomic E-state index is 12.2. The number of nitrogens with one attached hydrogen (secondary N) is 3. The first kappa shape index (κ1) is 21.8. The minimum absolute atomic E-state index is 0.156. The number of hydrogen-bond donors (Lipinski definition) is 3. The number of aliphatic imine (C=N–C) groups is 1. The number of para-hydroxylation sites is 1. The van der Waals surface area contributed by atoms with E-state index in [1.807, 2.05) is 19.1 Å². The summed E-state index contributed by atoms with van der Waals surface area (Å²) >= 11 is 0. The predicted molar refractivity (Wildman–Crippen MR) is 120 cm³/mol. The molecule has 8 nitrogen and oxygen atoms in total. The van der Waals surface area contributed by atoms with Gasteiger partial charge in [0.15, 0.2) is 5.96 Å². The van der Waals surface area contributed by atoms with E-state index in [4.69, 9.17) is 0 Å². The molecule has 3 aromatic rings. The van der Waals surface area contributed by atoms with E-state index < -0.39 is 10.0 Å². The Balaban J connectivity index is 1.44. The number of rotatable bonds is 10. The molecule has 0 radical (unpaired) electrons. The molecule has 0 saturated heterocycles. The van der Waals surface area contributed by atoms with Crippen LogP contribution in [0.4, 0.5) is 0 Å². The fourth-order valence-electron chi connectivity index (χ4n) is 3.06. The van der Waals surface area contributed by atoms with Crippen LogP contribution in [-0.2, 0) is 16.6 Å². The molecule has 0 unspecified atom stereocenters. The second-order valence-electron chi connectivity index (χ2n) is 6.70. The van der Waals surface area contributed by atoms with Crippen LogP contribution in [0.25, 0.3) is 10.9 Å². The van der Waals surface area contributed by atoms with E-state index >= 15 is 0 Å². The van der Waals surface area contributed by atoms with Crippen molar-refractivity contribution >= 4 is 26.9 Å². The summed E-state index contributed by atoms with van der Waals surface area (Å²) in [6, 6.07) is 13.6. The molecule has 160 valence electrons. The predicted octanol–water partition coefficient (Wildman–Crippen LogP) is 1.96. The van der Waals surface area contributed by atoms with Crippen LogP contribution in [0.5, 0.6) is 0 Å². The summed E-state index contributed by atoms with van der Waals surface area (Å²) in [6.07, 6.45) is 5.88. The second-order valence-corrected chi connectivity index (χ2v) is 8.46. The molecule has 0 aliphatic rings.